The Balaban J connectivity index is 1.69. The van der Waals surface area contributed by atoms with Gasteiger partial charge in [-0.1, -0.05) is 44.5 Å². The van der Waals surface area contributed by atoms with Crippen molar-refractivity contribution in [3.8, 4) is 0 Å². The molecule has 0 spiro atoms. The summed E-state index contributed by atoms with van der Waals surface area (Å²) in [5.41, 5.74) is 2.08. The van der Waals surface area contributed by atoms with Crippen molar-refractivity contribution in [2.24, 2.45) is 0 Å². The van der Waals surface area contributed by atoms with Crippen LogP contribution in [-0.4, -0.2) is 20.9 Å². The van der Waals surface area contributed by atoms with Crippen molar-refractivity contribution in [2.45, 2.75) is 56.3 Å². The van der Waals surface area contributed by atoms with Crippen LogP contribution in [0.4, 0.5) is 5.69 Å². The number of rotatable bonds is 9. The molecule has 0 radical (unpaired) electrons. The summed E-state index contributed by atoms with van der Waals surface area (Å²) in [6.07, 6.45) is 4.55. The summed E-state index contributed by atoms with van der Waals surface area (Å²) in [6, 6.07) is 14.1. The smallest absolute Gasteiger partial charge is 0.261 e. The Bertz CT molecular complexity index is 915. The van der Waals surface area contributed by atoms with E-state index < -0.39 is 15.4 Å². The first-order valence-electron chi connectivity index (χ1n) is 9.92. The van der Waals surface area contributed by atoms with E-state index in [1.54, 1.807) is 24.3 Å². The van der Waals surface area contributed by atoms with Crippen LogP contribution in [-0.2, 0) is 26.7 Å². The molecular weight excluding hydrogens is 372 g/mol. The first-order valence-corrected chi connectivity index (χ1v) is 11.4. The van der Waals surface area contributed by atoms with E-state index in [9.17, 15) is 13.2 Å². The Labute approximate surface area is 167 Å². The summed E-state index contributed by atoms with van der Waals surface area (Å²) in [5, 5.41) is 3.02. The van der Waals surface area contributed by atoms with Gasteiger partial charge < -0.3 is 5.32 Å². The highest BCUT2D eigenvalue weighted by molar-refractivity contribution is 7.92. The predicted molar refractivity (Wildman–Crippen MR) is 112 cm³/mol. The molecule has 5 nitrogen and oxygen atoms in total. The topological polar surface area (TPSA) is 75.3 Å². The Morgan fingerprint density at radius 1 is 1.00 bits per heavy atom. The van der Waals surface area contributed by atoms with E-state index in [1.807, 2.05) is 31.2 Å². The van der Waals surface area contributed by atoms with Crippen LogP contribution in [0.2, 0.25) is 0 Å². The third-order valence-electron chi connectivity index (χ3n) is 5.33. The zero-order chi connectivity index (χ0) is 20.2. The number of benzene rings is 2. The second-order valence-electron chi connectivity index (χ2n) is 7.37. The van der Waals surface area contributed by atoms with Gasteiger partial charge in [0.25, 0.3) is 10.0 Å². The lowest BCUT2D eigenvalue weighted by Gasteiger charge is -2.16. The van der Waals surface area contributed by atoms with Gasteiger partial charge in [0.1, 0.15) is 0 Å². The molecule has 6 heteroatoms. The summed E-state index contributed by atoms with van der Waals surface area (Å²) < 4.78 is 27.8. The molecule has 0 heterocycles. The molecular formula is C22H28N2O3S. The minimum absolute atomic E-state index is 0.0743. The first kappa shape index (κ1) is 20.4. The van der Waals surface area contributed by atoms with E-state index in [0.717, 1.165) is 43.2 Å². The van der Waals surface area contributed by atoms with Crippen LogP contribution in [0.25, 0.3) is 0 Å². The molecule has 0 unspecified atom stereocenters. The van der Waals surface area contributed by atoms with Crippen LogP contribution in [0.5, 0.6) is 0 Å². The van der Waals surface area contributed by atoms with Crippen molar-refractivity contribution in [1.29, 1.82) is 0 Å². The molecule has 1 fully saturated rings. The van der Waals surface area contributed by atoms with Gasteiger partial charge in [0.2, 0.25) is 5.91 Å². The zero-order valence-corrected chi connectivity index (χ0v) is 17.3. The van der Waals surface area contributed by atoms with E-state index >= 15 is 0 Å². The van der Waals surface area contributed by atoms with Gasteiger partial charge in [-0.3, -0.25) is 9.52 Å². The van der Waals surface area contributed by atoms with Crippen molar-refractivity contribution in [2.75, 3.05) is 11.3 Å². The lowest BCUT2D eigenvalue weighted by atomic mass is 9.94. The molecule has 0 atom stereocenters. The molecule has 1 saturated carbocycles. The molecule has 0 aromatic heterocycles. The van der Waals surface area contributed by atoms with Gasteiger partial charge in [-0.2, -0.15) is 0 Å². The predicted octanol–water partition coefficient (Wildman–Crippen LogP) is 4.00. The fraction of sp³-hybridized carbons (Fsp3) is 0.409. The molecule has 2 N–H and O–H groups in total. The number of hydrogen-bond donors (Lipinski definition) is 2. The number of unbranched alkanes of at least 4 members (excludes halogenated alkanes) is 1. The van der Waals surface area contributed by atoms with Crippen molar-refractivity contribution in [3.05, 3.63) is 59.7 Å². The molecule has 2 aromatic rings. The summed E-state index contributed by atoms with van der Waals surface area (Å²) in [7, 11) is -3.63. The third-order valence-corrected chi connectivity index (χ3v) is 6.73. The van der Waals surface area contributed by atoms with Crippen LogP contribution >= 0.6 is 0 Å². The molecule has 0 aliphatic heterocycles. The molecule has 0 bridgehead atoms. The van der Waals surface area contributed by atoms with Crippen molar-refractivity contribution in [3.63, 3.8) is 0 Å². The van der Waals surface area contributed by atoms with Gasteiger partial charge in [-0.25, -0.2) is 8.42 Å². The van der Waals surface area contributed by atoms with Gasteiger partial charge in [-0.05, 0) is 61.1 Å². The standard InChI is InChI=1S/C22H28N2O3S/c1-3-5-16-23-21(25)22(14-15-22)18-8-10-19(11-9-18)24-28(26,27)20-12-6-17(4-2)7-13-20/h6-13,24H,3-5,14-16H2,1-2H3,(H,23,25). The molecule has 2 aromatic carbocycles. The lowest BCUT2D eigenvalue weighted by Crippen LogP contribution is -2.35. The summed E-state index contributed by atoms with van der Waals surface area (Å²) in [4.78, 5) is 12.8. The van der Waals surface area contributed by atoms with Gasteiger partial charge in [0.05, 0.1) is 10.3 Å². The average Bonchev–Trinajstić information content (AvgIpc) is 3.50. The van der Waals surface area contributed by atoms with Crippen LogP contribution < -0.4 is 10.0 Å². The summed E-state index contributed by atoms with van der Waals surface area (Å²) >= 11 is 0. The van der Waals surface area contributed by atoms with Crippen LogP contribution in [0.1, 0.15) is 50.7 Å². The van der Waals surface area contributed by atoms with E-state index in [0.29, 0.717) is 12.2 Å². The number of carbonyl (C=O) groups excluding carboxylic acids is 1. The molecule has 1 aliphatic carbocycles. The number of nitrogens with one attached hydrogen (secondary N) is 2. The highest BCUT2D eigenvalue weighted by atomic mass is 32.2. The highest BCUT2D eigenvalue weighted by Gasteiger charge is 2.50. The number of aryl methyl sites for hydroxylation is 1. The molecule has 3 rings (SSSR count). The maximum absolute atomic E-state index is 12.6. The fourth-order valence-electron chi connectivity index (χ4n) is 3.30. The molecule has 1 amide bonds. The van der Waals surface area contributed by atoms with E-state index in [4.69, 9.17) is 0 Å². The SMILES string of the molecule is CCCCNC(=O)C1(c2ccc(NS(=O)(=O)c3ccc(CC)cc3)cc2)CC1. The molecule has 150 valence electrons. The van der Waals surface area contributed by atoms with Gasteiger partial charge in [0.15, 0.2) is 0 Å². The van der Waals surface area contributed by atoms with Crippen LogP contribution in [0.3, 0.4) is 0 Å². The Morgan fingerprint density at radius 3 is 2.18 bits per heavy atom. The molecule has 0 saturated heterocycles. The highest BCUT2D eigenvalue weighted by Crippen LogP contribution is 2.48. The monoisotopic (exact) mass is 400 g/mol. The zero-order valence-electron chi connectivity index (χ0n) is 16.5. The first-order chi connectivity index (χ1) is 13.4. The van der Waals surface area contributed by atoms with Gasteiger partial charge in [0, 0.05) is 12.2 Å². The number of sulfonamides is 1. The van der Waals surface area contributed by atoms with Crippen molar-refractivity contribution >= 4 is 21.6 Å². The van der Waals surface area contributed by atoms with E-state index in [1.165, 1.54) is 0 Å². The maximum Gasteiger partial charge on any atom is 0.261 e. The number of anilines is 1. The Kier molecular flexibility index (Phi) is 6.08. The number of amides is 1. The van der Waals surface area contributed by atoms with Crippen LogP contribution in [0.15, 0.2) is 53.4 Å². The normalized spacial score (nSPS) is 15.1. The molecule has 1 aliphatic rings. The average molecular weight is 401 g/mol. The van der Waals surface area contributed by atoms with Gasteiger partial charge in [-0.15, -0.1) is 0 Å². The number of hydrogen-bond acceptors (Lipinski definition) is 3. The Morgan fingerprint density at radius 2 is 1.64 bits per heavy atom. The minimum Gasteiger partial charge on any atom is -0.355 e. The lowest BCUT2D eigenvalue weighted by molar-refractivity contribution is -0.123. The second kappa shape index (κ2) is 8.35. The van der Waals surface area contributed by atoms with E-state index in [2.05, 4.69) is 17.0 Å². The third kappa shape index (κ3) is 4.38. The largest absolute Gasteiger partial charge is 0.355 e. The van der Waals surface area contributed by atoms with Crippen molar-refractivity contribution in [1.82, 2.24) is 5.32 Å². The second-order valence-corrected chi connectivity index (χ2v) is 9.05. The quantitative estimate of drug-likeness (QED) is 0.625. The maximum atomic E-state index is 12.6. The van der Waals surface area contributed by atoms with E-state index in [-0.39, 0.29) is 10.8 Å². The summed E-state index contributed by atoms with van der Waals surface area (Å²) in [5.74, 6) is 0.0743. The summed E-state index contributed by atoms with van der Waals surface area (Å²) in [6.45, 7) is 4.82. The fourth-order valence-corrected chi connectivity index (χ4v) is 4.35. The van der Waals surface area contributed by atoms with Crippen LogP contribution in [0, 0.1) is 0 Å². The number of carbonyl (C=O) groups is 1. The molecule has 28 heavy (non-hydrogen) atoms. The van der Waals surface area contributed by atoms with Gasteiger partial charge >= 0.3 is 0 Å². The van der Waals surface area contributed by atoms with Crippen molar-refractivity contribution < 1.29 is 13.2 Å². The Hall–Kier alpha value is -2.34. The minimum atomic E-state index is -3.63.